The predicted octanol–water partition coefficient (Wildman–Crippen LogP) is 3.93. The standard InChI is InChI=1S/C17H28N4/c1-6-15-19-16(7-2)21(20-15)14-10-13(17(3,4)5)9-8-12(14)11-18/h12-14H,6-10H2,1-5H3. The highest BCUT2D eigenvalue weighted by Gasteiger charge is 2.38. The van der Waals surface area contributed by atoms with Crippen molar-refractivity contribution in [3.8, 4) is 6.07 Å². The molecule has 0 aromatic carbocycles. The molecule has 4 heteroatoms. The monoisotopic (exact) mass is 288 g/mol. The molecular formula is C17H28N4. The molecule has 0 N–H and O–H groups in total. The van der Waals surface area contributed by atoms with E-state index in [1.165, 1.54) is 0 Å². The minimum absolute atomic E-state index is 0.0697. The number of aryl methyl sites for hydroxylation is 2. The van der Waals surface area contributed by atoms with Gasteiger partial charge in [-0.1, -0.05) is 34.6 Å². The number of rotatable bonds is 3. The van der Waals surface area contributed by atoms with Gasteiger partial charge in [-0.05, 0) is 30.6 Å². The van der Waals surface area contributed by atoms with E-state index in [4.69, 9.17) is 5.10 Å². The fourth-order valence-electron chi connectivity index (χ4n) is 3.42. The van der Waals surface area contributed by atoms with E-state index in [1.54, 1.807) is 0 Å². The van der Waals surface area contributed by atoms with Gasteiger partial charge < -0.3 is 0 Å². The Balaban J connectivity index is 2.33. The molecule has 0 aliphatic heterocycles. The van der Waals surface area contributed by atoms with Crippen molar-refractivity contribution in [2.75, 3.05) is 0 Å². The molecule has 1 fully saturated rings. The molecule has 0 saturated heterocycles. The Morgan fingerprint density at radius 2 is 1.95 bits per heavy atom. The van der Waals surface area contributed by atoms with Gasteiger partial charge >= 0.3 is 0 Å². The van der Waals surface area contributed by atoms with E-state index in [1.807, 2.05) is 0 Å². The van der Waals surface area contributed by atoms with Crippen LogP contribution in [0.2, 0.25) is 0 Å². The fourth-order valence-corrected chi connectivity index (χ4v) is 3.42. The Kier molecular flexibility index (Phi) is 4.70. The summed E-state index contributed by atoms with van der Waals surface area (Å²) >= 11 is 0. The number of hydrogen-bond acceptors (Lipinski definition) is 3. The van der Waals surface area contributed by atoms with Crippen LogP contribution in [0, 0.1) is 28.6 Å². The summed E-state index contributed by atoms with van der Waals surface area (Å²) < 4.78 is 2.07. The molecule has 0 spiro atoms. The molecule has 3 atom stereocenters. The molecule has 1 aromatic rings. The van der Waals surface area contributed by atoms with E-state index in [2.05, 4.69) is 50.4 Å². The summed E-state index contributed by atoms with van der Waals surface area (Å²) in [7, 11) is 0. The Labute approximate surface area is 128 Å². The molecule has 1 aromatic heterocycles. The quantitative estimate of drug-likeness (QED) is 0.846. The highest BCUT2D eigenvalue weighted by molar-refractivity contribution is 5.02. The van der Waals surface area contributed by atoms with Gasteiger partial charge in [-0.3, -0.25) is 0 Å². The Hall–Kier alpha value is -1.37. The molecule has 0 bridgehead atoms. The SMILES string of the molecule is CCc1nc(CC)n(C2CC(C(C)(C)C)CCC2C#N)n1. The second kappa shape index (κ2) is 6.17. The zero-order chi connectivity index (χ0) is 15.6. The van der Waals surface area contributed by atoms with Crippen molar-refractivity contribution >= 4 is 0 Å². The zero-order valence-electron chi connectivity index (χ0n) is 14.1. The van der Waals surface area contributed by atoms with Gasteiger partial charge in [0, 0.05) is 12.8 Å². The molecule has 0 amide bonds. The molecule has 1 aliphatic rings. The van der Waals surface area contributed by atoms with Gasteiger partial charge in [-0.2, -0.15) is 10.4 Å². The molecule has 4 nitrogen and oxygen atoms in total. The highest BCUT2D eigenvalue weighted by Crippen LogP contribution is 2.44. The van der Waals surface area contributed by atoms with Crippen molar-refractivity contribution in [3.05, 3.63) is 11.6 Å². The van der Waals surface area contributed by atoms with Gasteiger partial charge in [-0.15, -0.1) is 0 Å². The lowest BCUT2D eigenvalue weighted by Crippen LogP contribution is -2.34. The fraction of sp³-hybridized carbons (Fsp3) is 0.824. The van der Waals surface area contributed by atoms with E-state index >= 15 is 0 Å². The van der Waals surface area contributed by atoms with Crippen LogP contribution in [0.4, 0.5) is 0 Å². The first kappa shape index (κ1) is 16.0. The minimum atomic E-state index is 0.0697. The van der Waals surface area contributed by atoms with Gasteiger partial charge in [0.2, 0.25) is 0 Å². The van der Waals surface area contributed by atoms with Crippen molar-refractivity contribution in [1.29, 1.82) is 5.26 Å². The van der Waals surface area contributed by atoms with E-state index < -0.39 is 0 Å². The van der Waals surface area contributed by atoms with Crippen molar-refractivity contribution in [2.45, 2.75) is 72.8 Å². The first-order valence-corrected chi connectivity index (χ1v) is 8.24. The maximum atomic E-state index is 9.53. The van der Waals surface area contributed by atoms with Gasteiger partial charge in [0.05, 0.1) is 18.0 Å². The number of nitrogens with zero attached hydrogens (tertiary/aromatic N) is 4. The van der Waals surface area contributed by atoms with Crippen molar-refractivity contribution < 1.29 is 0 Å². The molecule has 1 heterocycles. The number of hydrogen-bond donors (Lipinski definition) is 0. The molecule has 1 aliphatic carbocycles. The second-order valence-electron chi connectivity index (χ2n) is 7.27. The summed E-state index contributed by atoms with van der Waals surface area (Å²) in [5, 5.41) is 14.2. The third kappa shape index (κ3) is 3.28. The van der Waals surface area contributed by atoms with Crippen LogP contribution in [-0.4, -0.2) is 14.8 Å². The average molecular weight is 288 g/mol. The van der Waals surface area contributed by atoms with Crippen molar-refractivity contribution in [3.63, 3.8) is 0 Å². The molecule has 2 rings (SSSR count). The summed E-state index contributed by atoms with van der Waals surface area (Å²) in [5.41, 5.74) is 0.291. The maximum absolute atomic E-state index is 9.53. The first-order chi connectivity index (χ1) is 9.90. The highest BCUT2D eigenvalue weighted by atomic mass is 15.4. The maximum Gasteiger partial charge on any atom is 0.150 e. The number of nitriles is 1. The summed E-state index contributed by atoms with van der Waals surface area (Å²) in [4.78, 5) is 4.62. The largest absolute Gasteiger partial charge is 0.245 e. The summed E-state index contributed by atoms with van der Waals surface area (Å²) in [6.07, 6.45) is 4.90. The Bertz CT molecular complexity index is 518. The van der Waals surface area contributed by atoms with E-state index in [-0.39, 0.29) is 12.0 Å². The van der Waals surface area contributed by atoms with Gasteiger partial charge in [0.1, 0.15) is 5.82 Å². The smallest absolute Gasteiger partial charge is 0.150 e. The molecule has 0 radical (unpaired) electrons. The molecule has 3 unspecified atom stereocenters. The molecule has 1 saturated carbocycles. The van der Waals surface area contributed by atoms with Crippen molar-refractivity contribution in [2.24, 2.45) is 17.3 Å². The van der Waals surface area contributed by atoms with Crippen LogP contribution in [0.5, 0.6) is 0 Å². The van der Waals surface area contributed by atoms with Crippen LogP contribution >= 0.6 is 0 Å². The van der Waals surface area contributed by atoms with Gasteiger partial charge in [0.25, 0.3) is 0 Å². The van der Waals surface area contributed by atoms with E-state index in [0.29, 0.717) is 11.3 Å². The lowest BCUT2D eigenvalue weighted by molar-refractivity contribution is 0.114. The lowest BCUT2D eigenvalue weighted by atomic mass is 9.68. The van der Waals surface area contributed by atoms with E-state index in [9.17, 15) is 5.26 Å². The third-order valence-corrected chi connectivity index (χ3v) is 4.90. The first-order valence-electron chi connectivity index (χ1n) is 8.24. The van der Waals surface area contributed by atoms with Gasteiger partial charge in [-0.25, -0.2) is 9.67 Å². The van der Waals surface area contributed by atoms with Crippen LogP contribution in [-0.2, 0) is 12.8 Å². The number of aromatic nitrogens is 3. The normalized spacial score (nSPS) is 26.6. The van der Waals surface area contributed by atoms with Crippen LogP contribution in [0.1, 0.15) is 71.6 Å². The van der Waals surface area contributed by atoms with Gasteiger partial charge in [0.15, 0.2) is 5.82 Å². The minimum Gasteiger partial charge on any atom is -0.245 e. The van der Waals surface area contributed by atoms with Crippen LogP contribution in [0.25, 0.3) is 0 Å². The summed E-state index contributed by atoms with van der Waals surface area (Å²) in [6.45, 7) is 11.1. The Morgan fingerprint density at radius 1 is 1.24 bits per heavy atom. The van der Waals surface area contributed by atoms with Crippen molar-refractivity contribution in [1.82, 2.24) is 14.8 Å². The molecule has 116 valence electrons. The molecular weight excluding hydrogens is 260 g/mol. The average Bonchev–Trinajstić information content (AvgIpc) is 2.88. The van der Waals surface area contributed by atoms with Crippen LogP contribution < -0.4 is 0 Å². The summed E-state index contributed by atoms with van der Waals surface area (Å²) in [5.74, 6) is 2.65. The predicted molar refractivity (Wildman–Crippen MR) is 83.7 cm³/mol. The molecule has 21 heavy (non-hydrogen) atoms. The van der Waals surface area contributed by atoms with Crippen LogP contribution in [0.15, 0.2) is 0 Å². The second-order valence-corrected chi connectivity index (χ2v) is 7.27. The third-order valence-electron chi connectivity index (χ3n) is 4.90. The Morgan fingerprint density at radius 3 is 2.48 bits per heavy atom. The zero-order valence-corrected chi connectivity index (χ0v) is 14.1. The summed E-state index contributed by atoms with van der Waals surface area (Å²) in [6, 6.07) is 2.70. The van der Waals surface area contributed by atoms with E-state index in [0.717, 1.165) is 43.8 Å². The van der Waals surface area contributed by atoms with Crippen LogP contribution in [0.3, 0.4) is 0 Å². The topological polar surface area (TPSA) is 54.5 Å². The lowest BCUT2D eigenvalue weighted by Gasteiger charge is -2.40.